The van der Waals surface area contributed by atoms with Gasteiger partial charge in [0.2, 0.25) is 0 Å². The number of rotatable bonds is 6. The summed E-state index contributed by atoms with van der Waals surface area (Å²) >= 11 is 9.49. The van der Waals surface area contributed by atoms with Crippen LogP contribution in [0.5, 0.6) is 5.75 Å². The molecule has 0 unspecified atom stereocenters. The lowest BCUT2D eigenvalue weighted by molar-refractivity contribution is -0.384. The second kappa shape index (κ2) is 10.3. The Bertz CT molecular complexity index is 1460. The summed E-state index contributed by atoms with van der Waals surface area (Å²) in [5.41, 5.74) is 1.46. The molecule has 0 spiro atoms. The molecule has 3 aromatic carbocycles. The van der Waals surface area contributed by atoms with Crippen molar-refractivity contribution in [3.8, 4) is 5.75 Å². The molecule has 0 atom stereocenters. The van der Waals surface area contributed by atoms with Crippen molar-refractivity contribution in [2.24, 2.45) is 0 Å². The van der Waals surface area contributed by atoms with E-state index in [0.29, 0.717) is 27.4 Å². The first-order chi connectivity index (χ1) is 17.1. The number of halogens is 2. The van der Waals surface area contributed by atoms with Crippen molar-refractivity contribution in [3.05, 3.63) is 103 Å². The molecule has 9 nitrogen and oxygen atoms in total. The van der Waals surface area contributed by atoms with Crippen LogP contribution in [0.4, 0.5) is 16.2 Å². The first-order valence-corrected chi connectivity index (χ1v) is 11.6. The lowest BCUT2D eigenvalue weighted by atomic mass is 10.0. The molecule has 1 saturated heterocycles. The molecular formula is C25H17BrClN3O6. The SMILES string of the molecule is Cc1cc(Br)ccc1N1C(=O)NC(=O)/C(=C/c2cc(Cl)ccc2OCc2cccc([N+](=O)[O-])c2)C1=O. The Kier molecular flexibility index (Phi) is 7.18. The zero-order chi connectivity index (χ0) is 26.0. The molecule has 0 aliphatic carbocycles. The van der Waals surface area contributed by atoms with E-state index in [4.69, 9.17) is 16.3 Å². The molecule has 4 amide bonds. The van der Waals surface area contributed by atoms with E-state index >= 15 is 0 Å². The molecule has 0 radical (unpaired) electrons. The van der Waals surface area contributed by atoms with E-state index in [2.05, 4.69) is 21.2 Å². The van der Waals surface area contributed by atoms with Crippen molar-refractivity contribution >= 4 is 62.8 Å². The fourth-order valence-electron chi connectivity index (χ4n) is 3.59. The minimum absolute atomic E-state index is 0.0116. The van der Waals surface area contributed by atoms with Crippen LogP contribution in [0.25, 0.3) is 6.08 Å². The Hall–Kier alpha value is -4.02. The molecule has 182 valence electrons. The molecule has 0 aromatic heterocycles. The highest BCUT2D eigenvalue weighted by molar-refractivity contribution is 9.10. The number of nitro benzene ring substituents is 1. The van der Waals surface area contributed by atoms with Gasteiger partial charge < -0.3 is 4.74 Å². The number of hydrogen-bond acceptors (Lipinski definition) is 6. The fraction of sp³-hybridized carbons (Fsp3) is 0.0800. The minimum Gasteiger partial charge on any atom is -0.488 e. The van der Waals surface area contributed by atoms with Gasteiger partial charge in [-0.15, -0.1) is 0 Å². The number of ether oxygens (including phenoxy) is 1. The molecule has 1 heterocycles. The predicted octanol–water partition coefficient (Wildman–Crippen LogP) is 5.56. The maximum atomic E-state index is 13.3. The topological polar surface area (TPSA) is 119 Å². The van der Waals surface area contributed by atoms with Gasteiger partial charge in [-0.05, 0) is 60.5 Å². The van der Waals surface area contributed by atoms with Gasteiger partial charge in [0, 0.05) is 27.2 Å². The van der Waals surface area contributed by atoms with Crippen molar-refractivity contribution in [2.45, 2.75) is 13.5 Å². The molecule has 1 fully saturated rings. The van der Waals surface area contributed by atoms with E-state index in [1.165, 1.54) is 24.3 Å². The zero-order valence-corrected chi connectivity index (χ0v) is 21.0. The number of hydrogen-bond donors (Lipinski definition) is 1. The second-order valence-corrected chi connectivity index (χ2v) is 9.14. The van der Waals surface area contributed by atoms with Gasteiger partial charge in [-0.3, -0.25) is 25.0 Å². The van der Waals surface area contributed by atoms with Crippen LogP contribution in [0.15, 0.2) is 70.7 Å². The second-order valence-electron chi connectivity index (χ2n) is 7.79. The molecule has 36 heavy (non-hydrogen) atoms. The number of nitrogens with zero attached hydrogens (tertiary/aromatic N) is 2. The number of carbonyl (C=O) groups excluding carboxylic acids is 3. The maximum absolute atomic E-state index is 13.3. The number of benzene rings is 3. The van der Waals surface area contributed by atoms with E-state index in [1.54, 1.807) is 49.4 Å². The number of anilines is 1. The highest BCUT2D eigenvalue weighted by atomic mass is 79.9. The molecule has 1 N–H and O–H groups in total. The van der Waals surface area contributed by atoms with Crippen molar-refractivity contribution in [1.82, 2.24) is 5.32 Å². The van der Waals surface area contributed by atoms with Crippen LogP contribution in [0.2, 0.25) is 5.02 Å². The van der Waals surface area contributed by atoms with Gasteiger partial charge in [0.15, 0.2) is 0 Å². The maximum Gasteiger partial charge on any atom is 0.335 e. The molecule has 0 bridgehead atoms. The molecular weight excluding hydrogens is 554 g/mol. The Morgan fingerprint density at radius 1 is 1.11 bits per heavy atom. The zero-order valence-electron chi connectivity index (χ0n) is 18.7. The molecule has 0 saturated carbocycles. The smallest absolute Gasteiger partial charge is 0.335 e. The lowest BCUT2D eigenvalue weighted by Gasteiger charge is -2.27. The summed E-state index contributed by atoms with van der Waals surface area (Å²) in [5.74, 6) is -1.39. The van der Waals surface area contributed by atoms with Gasteiger partial charge in [-0.25, -0.2) is 9.69 Å². The summed E-state index contributed by atoms with van der Waals surface area (Å²) in [6.07, 6.45) is 1.29. The first kappa shape index (κ1) is 25.1. The number of barbiturate groups is 1. The monoisotopic (exact) mass is 569 g/mol. The molecule has 3 aromatic rings. The van der Waals surface area contributed by atoms with E-state index in [1.807, 2.05) is 0 Å². The van der Waals surface area contributed by atoms with Gasteiger partial charge >= 0.3 is 6.03 Å². The number of nitro groups is 1. The highest BCUT2D eigenvalue weighted by Gasteiger charge is 2.37. The van der Waals surface area contributed by atoms with Crippen LogP contribution in [0.3, 0.4) is 0 Å². The molecule has 1 aliphatic rings. The molecule has 1 aliphatic heterocycles. The van der Waals surface area contributed by atoms with Gasteiger partial charge in [0.25, 0.3) is 17.5 Å². The predicted molar refractivity (Wildman–Crippen MR) is 137 cm³/mol. The van der Waals surface area contributed by atoms with Crippen molar-refractivity contribution in [1.29, 1.82) is 0 Å². The number of nitrogens with one attached hydrogen (secondary N) is 1. The third-order valence-corrected chi connectivity index (χ3v) is 6.02. The number of urea groups is 1. The van der Waals surface area contributed by atoms with Crippen molar-refractivity contribution in [2.75, 3.05) is 4.90 Å². The number of carbonyl (C=O) groups is 3. The van der Waals surface area contributed by atoms with E-state index < -0.39 is 22.8 Å². The van der Waals surface area contributed by atoms with Gasteiger partial charge in [-0.1, -0.05) is 39.7 Å². The van der Waals surface area contributed by atoms with Crippen molar-refractivity contribution in [3.63, 3.8) is 0 Å². The highest BCUT2D eigenvalue weighted by Crippen LogP contribution is 2.30. The van der Waals surface area contributed by atoms with Crippen LogP contribution in [-0.4, -0.2) is 22.8 Å². The largest absolute Gasteiger partial charge is 0.488 e. The summed E-state index contributed by atoms with van der Waals surface area (Å²) in [6, 6.07) is 14.7. The van der Waals surface area contributed by atoms with Gasteiger partial charge in [0.05, 0.1) is 10.6 Å². The van der Waals surface area contributed by atoms with Crippen LogP contribution in [0.1, 0.15) is 16.7 Å². The van der Waals surface area contributed by atoms with E-state index in [-0.39, 0.29) is 23.6 Å². The average Bonchev–Trinajstić information content (AvgIpc) is 2.82. The number of amides is 4. The summed E-state index contributed by atoms with van der Waals surface area (Å²) < 4.78 is 6.60. The summed E-state index contributed by atoms with van der Waals surface area (Å²) in [5, 5.41) is 13.5. The molecule has 4 rings (SSSR count). The Morgan fingerprint density at radius 2 is 1.89 bits per heavy atom. The molecule has 11 heteroatoms. The number of aryl methyl sites for hydroxylation is 1. The summed E-state index contributed by atoms with van der Waals surface area (Å²) in [4.78, 5) is 49.9. The van der Waals surface area contributed by atoms with E-state index in [9.17, 15) is 24.5 Å². The minimum atomic E-state index is -0.861. The van der Waals surface area contributed by atoms with Gasteiger partial charge in [-0.2, -0.15) is 0 Å². The Morgan fingerprint density at radius 3 is 2.61 bits per heavy atom. The number of non-ortho nitro benzene ring substituents is 1. The van der Waals surface area contributed by atoms with Crippen LogP contribution in [-0.2, 0) is 16.2 Å². The Labute approximate surface area is 218 Å². The summed E-state index contributed by atoms with van der Waals surface area (Å²) in [7, 11) is 0. The summed E-state index contributed by atoms with van der Waals surface area (Å²) in [6.45, 7) is 1.72. The van der Waals surface area contributed by atoms with Crippen LogP contribution < -0.4 is 15.0 Å². The third-order valence-electron chi connectivity index (χ3n) is 5.29. The van der Waals surface area contributed by atoms with E-state index in [0.717, 1.165) is 9.37 Å². The first-order valence-electron chi connectivity index (χ1n) is 10.5. The average molecular weight is 571 g/mol. The normalized spacial score (nSPS) is 14.7. The van der Waals surface area contributed by atoms with Crippen LogP contribution >= 0.6 is 27.5 Å². The quantitative estimate of drug-likeness (QED) is 0.179. The fourth-order valence-corrected chi connectivity index (χ4v) is 4.24. The van der Waals surface area contributed by atoms with Crippen LogP contribution in [0, 0.1) is 17.0 Å². The Balaban J connectivity index is 1.67. The number of imide groups is 2. The van der Waals surface area contributed by atoms with Crippen molar-refractivity contribution < 1.29 is 24.0 Å². The third kappa shape index (κ3) is 5.29. The standard InChI is InChI=1S/C25H17BrClN3O6/c1-14-9-17(26)5-7-21(14)29-24(32)20(23(31)28-25(29)33)12-16-11-18(27)6-8-22(16)36-13-15-3-2-4-19(10-15)30(34)35/h2-12H,13H2,1H3,(H,28,31,33)/b20-12-. The lowest BCUT2D eigenvalue weighted by Crippen LogP contribution is -2.54. The van der Waals surface area contributed by atoms with Gasteiger partial charge in [0.1, 0.15) is 17.9 Å².